The van der Waals surface area contributed by atoms with E-state index in [1.807, 2.05) is 30.3 Å². The summed E-state index contributed by atoms with van der Waals surface area (Å²) in [6, 6.07) is 11.9. The average molecular weight is 332 g/mol. The quantitative estimate of drug-likeness (QED) is 0.877. The van der Waals surface area contributed by atoms with Crippen LogP contribution in [0.2, 0.25) is 5.02 Å². The van der Waals surface area contributed by atoms with Crippen molar-refractivity contribution < 1.29 is 0 Å². The second-order valence-electron chi connectivity index (χ2n) is 3.55. The van der Waals surface area contributed by atoms with Gasteiger partial charge in [0.15, 0.2) is 0 Å². The molecule has 1 unspecified atom stereocenters. The molecule has 2 aromatic rings. The van der Waals surface area contributed by atoms with Gasteiger partial charge in [0.25, 0.3) is 0 Å². The maximum Gasteiger partial charge on any atom is 0.0729 e. The SMILES string of the molecule is NCC(Nc1ccccc1Cl)c1ccc(Br)s1. The van der Waals surface area contributed by atoms with Gasteiger partial charge in [-0.2, -0.15) is 0 Å². The van der Waals surface area contributed by atoms with E-state index in [9.17, 15) is 0 Å². The van der Waals surface area contributed by atoms with Gasteiger partial charge in [-0.1, -0.05) is 23.7 Å². The molecule has 1 aromatic carbocycles. The fourth-order valence-electron chi connectivity index (χ4n) is 1.53. The molecule has 1 aromatic heterocycles. The van der Waals surface area contributed by atoms with Crippen LogP contribution in [0.15, 0.2) is 40.2 Å². The van der Waals surface area contributed by atoms with Crippen molar-refractivity contribution in [3.8, 4) is 0 Å². The molecule has 1 heterocycles. The van der Waals surface area contributed by atoms with E-state index in [1.165, 1.54) is 4.88 Å². The number of hydrogen-bond donors (Lipinski definition) is 2. The number of benzene rings is 1. The molecule has 17 heavy (non-hydrogen) atoms. The summed E-state index contributed by atoms with van der Waals surface area (Å²) in [7, 11) is 0. The summed E-state index contributed by atoms with van der Waals surface area (Å²) in [5, 5.41) is 4.07. The Balaban J connectivity index is 2.18. The summed E-state index contributed by atoms with van der Waals surface area (Å²) in [6.07, 6.45) is 0. The van der Waals surface area contributed by atoms with Crippen molar-refractivity contribution in [1.82, 2.24) is 0 Å². The third-order valence-electron chi connectivity index (χ3n) is 2.38. The van der Waals surface area contributed by atoms with E-state index < -0.39 is 0 Å². The molecule has 2 rings (SSSR count). The van der Waals surface area contributed by atoms with Crippen molar-refractivity contribution in [2.24, 2.45) is 5.73 Å². The van der Waals surface area contributed by atoms with Gasteiger partial charge in [-0.25, -0.2) is 0 Å². The van der Waals surface area contributed by atoms with Gasteiger partial charge in [0.1, 0.15) is 0 Å². The van der Waals surface area contributed by atoms with Gasteiger partial charge >= 0.3 is 0 Å². The number of nitrogens with two attached hydrogens (primary N) is 1. The lowest BCUT2D eigenvalue weighted by Crippen LogP contribution is -2.19. The minimum absolute atomic E-state index is 0.0891. The van der Waals surface area contributed by atoms with Gasteiger partial charge in [-0.3, -0.25) is 0 Å². The van der Waals surface area contributed by atoms with Crippen molar-refractivity contribution in [2.45, 2.75) is 6.04 Å². The monoisotopic (exact) mass is 330 g/mol. The van der Waals surface area contributed by atoms with Crippen LogP contribution in [0, 0.1) is 0 Å². The topological polar surface area (TPSA) is 38.0 Å². The molecule has 0 amide bonds. The molecular weight excluding hydrogens is 320 g/mol. The fourth-order valence-corrected chi connectivity index (χ4v) is 3.21. The summed E-state index contributed by atoms with van der Waals surface area (Å²) in [5.41, 5.74) is 6.71. The Labute approximate surface area is 118 Å². The Morgan fingerprint density at radius 3 is 2.65 bits per heavy atom. The standard InChI is InChI=1S/C12H12BrClN2S/c13-12-6-5-11(17-12)10(7-15)16-9-4-2-1-3-8(9)14/h1-6,10,16H,7,15H2. The lowest BCUT2D eigenvalue weighted by Gasteiger charge is -2.17. The molecule has 0 aliphatic heterocycles. The molecule has 0 saturated heterocycles. The summed E-state index contributed by atoms with van der Waals surface area (Å²) in [6.45, 7) is 0.526. The van der Waals surface area contributed by atoms with Crippen LogP contribution in [-0.4, -0.2) is 6.54 Å². The maximum atomic E-state index is 6.11. The third-order valence-corrected chi connectivity index (χ3v) is 4.44. The van der Waals surface area contributed by atoms with E-state index in [4.69, 9.17) is 17.3 Å². The number of anilines is 1. The average Bonchev–Trinajstić information content (AvgIpc) is 2.75. The van der Waals surface area contributed by atoms with E-state index >= 15 is 0 Å². The van der Waals surface area contributed by atoms with E-state index in [1.54, 1.807) is 11.3 Å². The molecule has 3 N–H and O–H groups in total. The highest BCUT2D eigenvalue weighted by Gasteiger charge is 2.12. The Morgan fingerprint density at radius 1 is 1.29 bits per heavy atom. The molecule has 90 valence electrons. The van der Waals surface area contributed by atoms with E-state index in [0.717, 1.165) is 9.47 Å². The molecule has 0 radical (unpaired) electrons. The first-order valence-corrected chi connectivity index (χ1v) is 7.16. The molecule has 2 nitrogen and oxygen atoms in total. The summed E-state index contributed by atoms with van der Waals surface area (Å²) >= 11 is 11.2. The van der Waals surface area contributed by atoms with Crippen molar-refractivity contribution >= 4 is 44.6 Å². The molecule has 1 atom stereocenters. The molecule has 0 spiro atoms. The Morgan fingerprint density at radius 2 is 2.06 bits per heavy atom. The predicted molar refractivity (Wildman–Crippen MR) is 78.9 cm³/mol. The van der Waals surface area contributed by atoms with E-state index in [-0.39, 0.29) is 6.04 Å². The molecule has 5 heteroatoms. The van der Waals surface area contributed by atoms with Crippen LogP contribution in [0.25, 0.3) is 0 Å². The number of halogens is 2. The number of para-hydroxylation sites is 1. The smallest absolute Gasteiger partial charge is 0.0729 e. The summed E-state index contributed by atoms with van der Waals surface area (Å²) in [5.74, 6) is 0. The normalized spacial score (nSPS) is 12.4. The van der Waals surface area contributed by atoms with Crippen LogP contribution in [0.1, 0.15) is 10.9 Å². The van der Waals surface area contributed by atoms with Gasteiger partial charge in [-0.05, 0) is 40.2 Å². The molecule has 0 aliphatic carbocycles. The molecule has 0 bridgehead atoms. The van der Waals surface area contributed by atoms with Crippen molar-refractivity contribution in [3.05, 3.63) is 50.1 Å². The van der Waals surface area contributed by atoms with Crippen molar-refractivity contribution in [1.29, 1.82) is 0 Å². The molecule has 0 aliphatic rings. The second kappa shape index (κ2) is 5.87. The first kappa shape index (κ1) is 12.9. The van der Waals surface area contributed by atoms with Crippen LogP contribution < -0.4 is 11.1 Å². The zero-order chi connectivity index (χ0) is 12.3. The Hall–Kier alpha value is -0.550. The fraction of sp³-hybridized carbons (Fsp3) is 0.167. The number of rotatable bonds is 4. The summed E-state index contributed by atoms with van der Waals surface area (Å²) in [4.78, 5) is 1.19. The van der Waals surface area contributed by atoms with Gasteiger partial charge in [0.05, 0.1) is 20.5 Å². The van der Waals surface area contributed by atoms with Crippen LogP contribution in [0.3, 0.4) is 0 Å². The van der Waals surface area contributed by atoms with Gasteiger partial charge in [0, 0.05) is 11.4 Å². The van der Waals surface area contributed by atoms with Crippen LogP contribution >= 0.6 is 38.9 Å². The molecular formula is C12H12BrClN2S. The van der Waals surface area contributed by atoms with Gasteiger partial charge in [0.2, 0.25) is 0 Å². The maximum absolute atomic E-state index is 6.11. The highest BCUT2D eigenvalue weighted by molar-refractivity contribution is 9.11. The van der Waals surface area contributed by atoms with E-state index in [0.29, 0.717) is 11.6 Å². The predicted octanol–water partition coefficient (Wildman–Crippen LogP) is 4.28. The number of hydrogen-bond acceptors (Lipinski definition) is 3. The second-order valence-corrected chi connectivity index (χ2v) is 6.46. The van der Waals surface area contributed by atoms with Crippen LogP contribution in [0.5, 0.6) is 0 Å². The minimum atomic E-state index is 0.0891. The largest absolute Gasteiger partial charge is 0.375 e. The summed E-state index contributed by atoms with van der Waals surface area (Å²) < 4.78 is 1.10. The van der Waals surface area contributed by atoms with E-state index in [2.05, 4.69) is 27.3 Å². The minimum Gasteiger partial charge on any atom is -0.375 e. The lowest BCUT2D eigenvalue weighted by molar-refractivity contribution is 0.806. The Bertz CT molecular complexity index is 501. The zero-order valence-electron chi connectivity index (χ0n) is 8.99. The lowest BCUT2D eigenvalue weighted by atomic mass is 10.2. The highest BCUT2D eigenvalue weighted by atomic mass is 79.9. The van der Waals surface area contributed by atoms with Crippen LogP contribution in [-0.2, 0) is 0 Å². The molecule has 0 fully saturated rings. The first-order valence-electron chi connectivity index (χ1n) is 5.17. The molecule has 0 saturated carbocycles. The van der Waals surface area contributed by atoms with Crippen molar-refractivity contribution in [2.75, 3.05) is 11.9 Å². The third kappa shape index (κ3) is 3.22. The first-order chi connectivity index (χ1) is 8.20. The number of nitrogens with one attached hydrogen (secondary N) is 1. The van der Waals surface area contributed by atoms with Gasteiger partial charge < -0.3 is 11.1 Å². The highest BCUT2D eigenvalue weighted by Crippen LogP contribution is 2.31. The Kier molecular flexibility index (Phi) is 4.45. The van der Waals surface area contributed by atoms with Crippen LogP contribution in [0.4, 0.5) is 5.69 Å². The van der Waals surface area contributed by atoms with Gasteiger partial charge in [-0.15, -0.1) is 11.3 Å². The van der Waals surface area contributed by atoms with Crippen molar-refractivity contribution in [3.63, 3.8) is 0 Å². The zero-order valence-corrected chi connectivity index (χ0v) is 12.1. The number of thiophene rings is 1.